The molecule has 4 rings (SSSR count). The van der Waals surface area contributed by atoms with Gasteiger partial charge in [-0.2, -0.15) is 23.7 Å². The Morgan fingerprint density at radius 3 is 1.81 bits per heavy atom. The molecule has 1 atom stereocenters. The first-order chi connectivity index (χ1) is 17.7. The molecule has 3 aromatic rings. The highest BCUT2D eigenvalue weighted by atomic mass is 19.4. The summed E-state index contributed by atoms with van der Waals surface area (Å²) in [5.74, 6) is 1.42. The van der Waals surface area contributed by atoms with Crippen molar-refractivity contribution in [2.24, 2.45) is 0 Å². The molecule has 0 heterocycles. The predicted molar refractivity (Wildman–Crippen MR) is 129 cm³/mol. The van der Waals surface area contributed by atoms with Crippen molar-refractivity contribution in [1.82, 2.24) is 0 Å². The number of halogens is 3. The van der Waals surface area contributed by atoms with Crippen LogP contribution in [0.1, 0.15) is 27.8 Å². The van der Waals surface area contributed by atoms with Crippen LogP contribution in [0.15, 0.2) is 54.6 Å². The third-order valence-electron chi connectivity index (χ3n) is 6.42. The standard InChI is InChI=1S/C28H21F3N2O4/c1-34-22-10-9-18(11-23(22)35-2)27(15-33)21-13-25(37-4)24(36-3)12-19(21)20(14-32)26(27)16-5-7-17(8-6-16)28(29,30)31/h5-13H,1-4H3. The molecule has 0 N–H and O–H groups in total. The lowest BCUT2D eigenvalue weighted by Crippen LogP contribution is -2.26. The van der Waals surface area contributed by atoms with Crippen LogP contribution >= 0.6 is 0 Å². The first-order valence-electron chi connectivity index (χ1n) is 10.9. The molecule has 0 fully saturated rings. The van der Waals surface area contributed by atoms with Crippen LogP contribution in [0.4, 0.5) is 13.2 Å². The topological polar surface area (TPSA) is 84.5 Å². The van der Waals surface area contributed by atoms with Gasteiger partial charge in [0.1, 0.15) is 11.5 Å². The number of hydrogen-bond donors (Lipinski definition) is 0. The number of rotatable bonds is 6. The van der Waals surface area contributed by atoms with Gasteiger partial charge in [-0.3, -0.25) is 0 Å². The van der Waals surface area contributed by atoms with Gasteiger partial charge in [-0.25, -0.2) is 0 Å². The van der Waals surface area contributed by atoms with Crippen LogP contribution < -0.4 is 18.9 Å². The van der Waals surface area contributed by atoms with E-state index in [0.717, 1.165) is 12.1 Å². The van der Waals surface area contributed by atoms with Gasteiger partial charge in [0, 0.05) is 11.1 Å². The summed E-state index contributed by atoms with van der Waals surface area (Å²) in [5.41, 5.74) is -0.521. The fourth-order valence-electron chi connectivity index (χ4n) is 4.71. The van der Waals surface area contributed by atoms with Gasteiger partial charge in [0.25, 0.3) is 0 Å². The van der Waals surface area contributed by atoms with Crippen molar-refractivity contribution < 1.29 is 32.1 Å². The number of ether oxygens (including phenoxy) is 4. The second kappa shape index (κ2) is 9.44. The highest BCUT2D eigenvalue weighted by Gasteiger charge is 2.49. The molecule has 0 saturated carbocycles. The van der Waals surface area contributed by atoms with E-state index < -0.39 is 17.2 Å². The molecule has 1 unspecified atom stereocenters. The lowest BCUT2D eigenvalue weighted by molar-refractivity contribution is -0.137. The summed E-state index contributed by atoms with van der Waals surface area (Å²) in [6.45, 7) is 0. The summed E-state index contributed by atoms with van der Waals surface area (Å²) in [4.78, 5) is 0. The Bertz CT molecular complexity index is 1480. The lowest BCUT2D eigenvalue weighted by atomic mass is 9.70. The summed E-state index contributed by atoms with van der Waals surface area (Å²) >= 11 is 0. The van der Waals surface area contributed by atoms with Gasteiger partial charge in [0.2, 0.25) is 0 Å². The van der Waals surface area contributed by atoms with Crippen molar-refractivity contribution in [2.75, 3.05) is 28.4 Å². The number of fused-ring (bicyclic) bond motifs is 1. The maximum atomic E-state index is 13.3. The van der Waals surface area contributed by atoms with E-state index in [-0.39, 0.29) is 16.7 Å². The molecule has 0 aromatic heterocycles. The quantitative estimate of drug-likeness (QED) is 0.408. The number of nitrogens with zero attached hydrogens (tertiary/aromatic N) is 2. The Labute approximate surface area is 211 Å². The maximum Gasteiger partial charge on any atom is 0.416 e. The average Bonchev–Trinajstić information content (AvgIpc) is 3.20. The molecule has 37 heavy (non-hydrogen) atoms. The molecule has 188 valence electrons. The number of methoxy groups -OCH3 is 4. The van der Waals surface area contributed by atoms with Crippen LogP contribution in [0.25, 0.3) is 11.1 Å². The minimum Gasteiger partial charge on any atom is -0.493 e. The molecule has 0 spiro atoms. The number of alkyl halides is 3. The van der Waals surface area contributed by atoms with E-state index in [1.807, 2.05) is 0 Å². The van der Waals surface area contributed by atoms with E-state index in [1.54, 1.807) is 30.3 Å². The van der Waals surface area contributed by atoms with Gasteiger partial charge < -0.3 is 18.9 Å². The SMILES string of the molecule is COc1ccc(C2(C#N)C(c3ccc(C(F)(F)F)cc3)=C(C#N)c3cc(OC)c(OC)cc32)cc1OC. The van der Waals surface area contributed by atoms with Crippen LogP contribution in [-0.4, -0.2) is 28.4 Å². The highest BCUT2D eigenvalue weighted by Crippen LogP contribution is 2.57. The largest absolute Gasteiger partial charge is 0.493 e. The predicted octanol–water partition coefficient (Wildman–Crippen LogP) is 6.00. The van der Waals surface area contributed by atoms with Crippen LogP contribution in [-0.2, 0) is 11.6 Å². The van der Waals surface area contributed by atoms with E-state index in [0.29, 0.717) is 39.7 Å². The summed E-state index contributed by atoms with van der Waals surface area (Å²) in [6, 6.07) is 17.0. The van der Waals surface area contributed by atoms with Gasteiger partial charge in [0.05, 0.1) is 45.6 Å². The van der Waals surface area contributed by atoms with Crippen molar-refractivity contribution in [3.63, 3.8) is 0 Å². The maximum absolute atomic E-state index is 13.3. The Morgan fingerprint density at radius 2 is 1.30 bits per heavy atom. The second-order valence-corrected chi connectivity index (χ2v) is 8.12. The van der Waals surface area contributed by atoms with Gasteiger partial charge in [-0.15, -0.1) is 0 Å². The molecule has 6 nitrogen and oxygen atoms in total. The first kappa shape index (κ1) is 25.5. The minimum absolute atomic E-state index is 0.132. The zero-order valence-corrected chi connectivity index (χ0v) is 20.4. The molecule has 0 amide bonds. The fraction of sp³-hybridized carbons (Fsp3) is 0.214. The molecule has 1 aliphatic carbocycles. The summed E-state index contributed by atoms with van der Waals surface area (Å²) in [7, 11) is 5.81. The number of hydrogen-bond acceptors (Lipinski definition) is 6. The average molecular weight is 506 g/mol. The smallest absolute Gasteiger partial charge is 0.416 e. The van der Waals surface area contributed by atoms with E-state index >= 15 is 0 Å². The Hall–Kier alpha value is -4.63. The van der Waals surface area contributed by atoms with Gasteiger partial charge in [0.15, 0.2) is 23.0 Å². The molecule has 3 aromatic carbocycles. The van der Waals surface area contributed by atoms with E-state index in [9.17, 15) is 23.7 Å². The number of allylic oxidation sites excluding steroid dienone is 2. The molecular formula is C28H21F3N2O4. The van der Waals surface area contributed by atoms with Gasteiger partial charge >= 0.3 is 6.18 Å². The molecule has 0 radical (unpaired) electrons. The summed E-state index contributed by atoms with van der Waals surface area (Å²) in [6.07, 6.45) is -4.54. The lowest BCUT2D eigenvalue weighted by Gasteiger charge is -2.29. The van der Waals surface area contributed by atoms with Crippen molar-refractivity contribution in [3.8, 4) is 35.1 Å². The number of benzene rings is 3. The second-order valence-electron chi connectivity index (χ2n) is 8.12. The van der Waals surface area contributed by atoms with Gasteiger partial charge in [-0.1, -0.05) is 18.2 Å². The van der Waals surface area contributed by atoms with Crippen molar-refractivity contribution >= 4 is 11.1 Å². The highest BCUT2D eigenvalue weighted by molar-refractivity contribution is 6.10. The molecule has 1 aliphatic rings. The minimum atomic E-state index is -4.54. The zero-order chi connectivity index (χ0) is 27.0. The molecular weight excluding hydrogens is 485 g/mol. The van der Waals surface area contributed by atoms with Crippen LogP contribution in [0.2, 0.25) is 0 Å². The van der Waals surface area contributed by atoms with Crippen molar-refractivity contribution in [2.45, 2.75) is 11.6 Å². The van der Waals surface area contributed by atoms with E-state index in [1.165, 1.54) is 40.6 Å². The van der Waals surface area contributed by atoms with Crippen molar-refractivity contribution in [1.29, 1.82) is 10.5 Å². The fourth-order valence-corrected chi connectivity index (χ4v) is 4.71. The molecule has 9 heteroatoms. The molecule has 0 aliphatic heterocycles. The summed E-state index contributed by atoms with van der Waals surface area (Å²) in [5, 5.41) is 21.1. The number of nitriles is 2. The first-order valence-corrected chi connectivity index (χ1v) is 10.9. The monoisotopic (exact) mass is 506 g/mol. The zero-order valence-electron chi connectivity index (χ0n) is 20.4. The van der Waals surface area contributed by atoms with Gasteiger partial charge in [-0.05, 0) is 53.1 Å². The third kappa shape index (κ3) is 3.89. The van der Waals surface area contributed by atoms with E-state index in [4.69, 9.17) is 18.9 Å². The van der Waals surface area contributed by atoms with Crippen molar-refractivity contribution in [3.05, 3.63) is 82.4 Å². The third-order valence-corrected chi connectivity index (χ3v) is 6.42. The van der Waals surface area contributed by atoms with Crippen LogP contribution in [0.3, 0.4) is 0 Å². The Kier molecular flexibility index (Phi) is 6.49. The van der Waals surface area contributed by atoms with E-state index in [2.05, 4.69) is 12.1 Å². The van der Waals surface area contributed by atoms with Crippen LogP contribution in [0.5, 0.6) is 23.0 Å². The molecule has 0 saturated heterocycles. The molecule has 0 bridgehead atoms. The van der Waals surface area contributed by atoms with Crippen LogP contribution in [0, 0.1) is 22.7 Å². The Balaban J connectivity index is 2.12. The normalized spacial score (nSPS) is 16.5. The Morgan fingerprint density at radius 1 is 0.730 bits per heavy atom. The summed E-state index contributed by atoms with van der Waals surface area (Å²) < 4.78 is 61.6.